The van der Waals surface area contributed by atoms with E-state index in [-0.39, 0.29) is 21.4 Å². The van der Waals surface area contributed by atoms with Crippen LogP contribution < -0.4 is 14.4 Å². The van der Waals surface area contributed by atoms with Gasteiger partial charge in [0.2, 0.25) is 0 Å². The third-order valence-corrected chi connectivity index (χ3v) is 5.15. The average molecular weight is 437 g/mol. The Labute approximate surface area is 173 Å². The number of thioether (sulfide) groups is 1. The fourth-order valence-corrected chi connectivity index (χ4v) is 3.89. The number of carboxylic acids is 1. The average Bonchev–Trinajstić information content (AvgIpc) is 2.95. The molecule has 1 aliphatic rings. The molecule has 1 saturated heterocycles. The number of thiocarbonyl (C=S) groups is 1. The standard InChI is InChI=1S/C19H13F2NO5S2/c1-26-14-7-10(5-6-13(14)27-18(20)21)8-15-16(23)22(19(28)29-15)12-4-2-3-11(9-12)17(24)25/h2-9,18H,1H3,(H,24,25)/b15-8-. The molecule has 0 spiro atoms. The molecule has 0 saturated carbocycles. The lowest BCUT2D eigenvalue weighted by Gasteiger charge is -2.14. The van der Waals surface area contributed by atoms with E-state index in [1.54, 1.807) is 6.07 Å². The van der Waals surface area contributed by atoms with E-state index in [4.69, 9.17) is 22.1 Å². The number of hydrogen-bond acceptors (Lipinski definition) is 6. The summed E-state index contributed by atoms with van der Waals surface area (Å²) in [6.45, 7) is -2.99. The molecule has 10 heteroatoms. The van der Waals surface area contributed by atoms with E-state index in [9.17, 15) is 18.4 Å². The maximum absolute atomic E-state index is 12.8. The number of halogens is 2. The SMILES string of the molecule is COc1cc(/C=C2\SC(=S)N(c3cccc(C(=O)O)c3)C2=O)ccc1OC(F)F. The van der Waals surface area contributed by atoms with Crippen LogP contribution in [-0.4, -0.2) is 35.0 Å². The van der Waals surface area contributed by atoms with Crippen LogP contribution in [0.15, 0.2) is 47.4 Å². The zero-order valence-corrected chi connectivity index (χ0v) is 16.4. The molecule has 1 amide bonds. The number of rotatable bonds is 6. The van der Waals surface area contributed by atoms with Crippen molar-refractivity contribution in [2.75, 3.05) is 12.0 Å². The molecule has 1 N–H and O–H groups in total. The Kier molecular flexibility index (Phi) is 6.14. The Morgan fingerprint density at radius 2 is 2.00 bits per heavy atom. The Bertz CT molecular complexity index is 1030. The van der Waals surface area contributed by atoms with Crippen LogP contribution in [0.5, 0.6) is 11.5 Å². The molecule has 150 valence electrons. The lowest BCUT2D eigenvalue weighted by atomic mass is 10.1. The number of carbonyl (C=O) groups is 2. The summed E-state index contributed by atoms with van der Waals surface area (Å²) in [7, 11) is 1.31. The number of amides is 1. The highest BCUT2D eigenvalue weighted by atomic mass is 32.2. The molecule has 0 aromatic heterocycles. The van der Waals surface area contributed by atoms with Gasteiger partial charge in [0.1, 0.15) is 0 Å². The first-order chi connectivity index (χ1) is 13.8. The number of carbonyl (C=O) groups excluding carboxylic acids is 1. The Balaban J connectivity index is 1.90. The number of nitrogens with zero attached hydrogens (tertiary/aromatic N) is 1. The second kappa shape index (κ2) is 8.58. The normalized spacial score (nSPS) is 15.3. The minimum atomic E-state index is -2.99. The fourth-order valence-electron chi connectivity index (χ4n) is 2.59. The van der Waals surface area contributed by atoms with E-state index in [0.717, 1.165) is 11.8 Å². The molecule has 0 radical (unpaired) electrons. The monoisotopic (exact) mass is 437 g/mol. The number of benzene rings is 2. The van der Waals surface area contributed by atoms with Crippen LogP contribution in [0.2, 0.25) is 0 Å². The van der Waals surface area contributed by atoms with Gasteiger partial charge in [0.05, 0.1) is 23.3 Å². The van der Waals surface area contributed by atoms with E-state index in [1.807, 2.05) is 0 Å². The zero-order chi connectivity index (χ0) is 21.1. The molecule has 1 fully saturated rings. The van der Waals surface area contributed by atoms with Gasteiger partial charge in [-0.05, 0) is 42.0 Å². The number of ether oxygens (including phenoxy) is 2. The molecule has 2 aromatic rings. The second-order valence-corrected chi connectivity index (χ2v) is 7.34. The van der Waals surface area contributed by atoms with Gasteiger partial charge in [0.15, 0.2) is 15.8 Å². The first-order valence-electron chi connectivity index (χ1n) is 8.04. The minimum absolute atomic E-state index is 0.0277. The smallest absolute Gasteiger partial charge is 0.387 e. The van der Waals surface area contributed by atoms with Crippen LogP contribution in [0.25, 0.3) is 6.08 Å². The quantitative estimate of drug-likeness (QED) is 0.530. The topological polar surface area (TPSA) is 76.1 Å². The van der Waals surface area contributed by atoms with Gasteiger partial charge in [-0.15, -0.1) is 0 Å². The van der Waals surface area contributed by atoms with Gasteiger partial charge < -0.3 is 14.6 Å². The van der Waals surface area contributed by atoms with Gasteiger partial charge in [-0.25, -0.2) is 4.79 Å². The van der Waals surface area contributed by atoms with E-state index < -0.39 is 18.5 Å². The Morgan fingerprint density at radius 1 is 1.24 bits per heavy atom. The largest absolute Gasteiger partial charge is 0.493 e. The summed E-state index contributed by atoms with van der Waals surface area (Å²) < 4.78 is 34.6. The van der Waals surface area contributed by atoms with Crippen molar-refractivity contribution in [1.29, 1.82) is 0 Å². The molecular weight excluding hydrogens is 424 g/mol. The van der Waals surface area contributed by atoms with E-state index >= 15 is 0 Å². The molecule has 1 heterocycles. The van der Waals surface area contributed by atoms with Gasteiger partial charge in [-0.2, -0.15) is 8.78 Å². The van der Waals surface area contributed by atoms with Crippen molar-refractivity contribution >= 4 is 51.9 Å². The minimum Gasteiger partial charge on any atom is -0.493 e. The molecule has 1 aliphatic heterocycles. The molecular formula is C19H13F2NO5S2. The molecule has 2 aromatic carbocycles. The summed E-state index contributed by atoms with van der Waals surface area (Å²) in [6.07, 6.45) is 1.54. The van der Waals surface area contributed by atoms with Crippen molar-refractivity contribution in [2.24, 2.45) is 0 Å². The van der Waals surface area contributed by atoms with E-state index in [0.29, 0.717) is 16.2 Å². The van der Waals surface area contributed by atoms with Crippen LogP contribution in [-0.2, 0) is 4.79 Å². The van der Waals surface area contributed by atoms with Gasteiger partial charge >= 0.3 is 12.6 Å². The van der Waals surface area contributed by atoms with Crippen molar-refractivity contribution in [3.8, 4) is 11.5 Å². The van der Waals surface area contributed by atoms with Crippen molar-refractivity contribution in [3.05, 3.63) is 58.5 Å². The number of methoxy groups -OCH3 is 1. The summed E-state index contributed by atoms with van der Waals surface area (Å²) in [5.74, 6) is -1.58. The van der Waals surface area contributed by atoms with Crippen LogP contribution in [0.4, 0.5) is 14.5 Å². The van der Waals surface area contributed by atoms with Crippen LogP contribution in [0.3, 0.4) is 0 Å². The van der Waals surface area contributed by atoms with Crippen LogP contribution in [0.1, 0.15) is 15.9 Å². The molecule has 3 rings (SSSR count). The van der Waals surface area contributed by atoms with Crippen molar-refractivity contribution in [1.82, 2.24) is 0 Å². The Morgan fingerprint density at radius 3 is 2.66 bits per heavy atom. The highest BCUT2D eigenvalue weighted by Crippen LogP contribution is 2.37. The maximum atomic E-state index is 12.8. The molecule has 0 bridgehead atoms. The van der Waals surface area contributed by atoms with E-state index in [2.05, 4.69) is 4.74 Å². The first-order valence-corrected chi connectivity index (χ1v) is 9.27. The van der Waals surface area contributed by atoms with Gasteiger partial charge in [-0.3, -0.25) is 9.69 Å². The van der Waals surface area contributed by atoms with E-state index in [1.165, 1.54) is 54.5 Å². The number of carboxylic acid groups (broad SMARTS) is 1. The lowest BCUT2D eigenvalue weighted by Crippen LogP contribution is -2.27. The first kappa shape index (κ1) is 20.7. The third kappa shape index (κ3) is 4.54. The highest BCUT2D eigenvalue weighted by molar-refractivity contribution is 8.27. The number of aromatic carboxylic acids is 1. The molecule has 0 aliphatic carbocycles. The molecule has 0 unspecified atom stereocenters. The molecule has 29 heavy (non-hydrogen) atoms. The highest BCUT2D eigenvalue weighted by Gasteiger charge is 2.33. The van der Waals surface area contributed by atoms with Crippen molar-refractivity contribution in [2.45, 2.75) is 6.61 Å². The van der Waals surface area contributed by atoms with Gasteiger partial charge in [0.25, 0.3) is 5.91 Å². The third-order valence-electron chi connectivity index (χ3n) is 3.85. The summed E-state index contributed by atoms with van der Waals surface area (Å²) in [5, 5.41) is 9.14. The predicted molar refractivity (Wildman–Crippen MR) is 109 cm³/mol. The number of anilines is 1. The Hall–Kier alpha value is -2.98. The molecule has 6 nitrogen and oxygen atoms in total. The molecule has 0 atom stereocenters. The van der Waals surface area contributed by atoms with Crippen molar-refractivity contribution < 1.29 is 33.0 Å². The summed E-state index contributed by atoms with van der Waals surface area (Å²) in [4.78, 5) is 25.5. The van der Waals surface area contributed by atoms with Crippen LogP contribution in [0, 0.1) is 0 Å². The maximum Gasteiger partial charge on any atom is 0.387 e. The summed E-state index contributed by atoms with van der Waals surface area (Å²) >= 11 is 6.31. The van der Waals surface area contributed by atoms with Crippen LogP contribution >= 0.6 is 24.0 Å². The zero-order valence-electron chi connectivity index (χ0n) is 14.8. The number of alkyl halides is 2. The summed E-state index contributed by atoms with van der Waals surface area (Å²) in [6, 6.07) is 10.1. The van der Waals surface area contributed by atoms with Crippen molar-refractivity contribution in [3.63, 3.8) is 0 Å². The van der Waals surface area contributed by atoms with Gasteiger partial charge in [0, 0.05) is 0 Å². The predicted octanol–water partition coefficient (Wildman–Crippen LogP) is 4.40. The van der Waals surface area contributed by atoms with Gasteiger partial charge in [-0.1, -0.05) is 36.1 Å². The summed E-state index contributed by atoms with van der Waals surface area (Å²) in [5.41, 5.74) is 0.886. The number of hydrogen-bond donors (Lipinski definition) is 1. The fraction of sp³-hybridized carbons (Fsp3) is 0.105. The lowest BCUT2D eigenvalue weighted by molar-refractivity contribution is -0.113. The second-order valence-electron chi connectivity index (χ2n) is 5.66.